The molecule has 1 aliphatic rings. The van der Waals surface area contributed by atoms with Gasteiger partial charge in [0.2, 0.25) is 0 Å². The van der Waals surface area contributed by atoms with E-state index in [1.807, 2.05) is 6.92 Å². The lowest BCUT2D eigenvalue weighted by Crippen LogP contribution is -2.20. The molecule has 0 saturated heterocycles. The molecule has 6 nitrogen and oxygen atoms in total. The number of aryl methyl sites for hydroxylation is 1. The Morgan fingerprint density at radius 3 is 2.57 bits per heavy atom. The summed E-state index contributed by atoms with van der Waals surface area (Å²) in [6.07, 6.45) is 3.70. The number of hydrogen-bond acceptors (Lipinski definition) is 6. The van der Waals surface area contributed by atoms with E-state index in [1.54, 1.807) is 35.6 Å². The third kappa shape index (κ3) is 4.51. The largest absolute Gasteiger partial charge is 0.465 e. The molecule has 0 bridgehead atoms. The highest BCUT2D eigenvalue weighted by Crippen LogP contribution is 2.39. The summed E-state index contributed by atoms with van der Waals surface area (Å²) in [5.41, 5.74) is 2.86. The molecule has 0 aliphatic heterocycles. The summed E-state index contributed by atoms with van der Waals surface area (Å²) in [5, 5.41) is 7.26. The second-order valence-corrected chi connectivity index (χ2v) is 7.86. The summed E-state index contributed by atoms with van der Waals surface area (Å²) in [4.78, 5) is 25.3. The van der Waals surface area contributed by atoms with E-state index in [0.717, 1.165) is 36.9 Å². The molecule has 0 amide bonds. The van der Waals surface area contributed by atoms with E-state index in [9.17, 15) is 9.59 Å². The lowest BCUT2D eigenvalue weighted by molar-refractivity contribution is 0.0504. The number of rotatable bonds is 6. The molecule has 0 unspecified atom stereocenters. The first-order valence-corrected chi connectivity index (χ1v) is 10.3. The topological polar surface area (TPSA) is 76.7 Å². The predicted octanol–water partition coefficient (Wildman–Crippen LogP) is 4.40. The molecular weight excluding hydrogens is 396 g/mol. The first-order valence-electron chi connectivity index (χ1n) is 9.11. The lowest BCUT2D eigenvalue weighted by atomic mass is 10.1. The van der Waals surface area contributed by atoms with E-state index in [0.29, 0.717) is 27.8 Å². The van der Waals surface area contributed by atoms with Crippen LogP contribution in [0.2, 0.25) is 0 Å². The number of benzene rings is 1. The highest BCUT2D eigenvalue weighted by atomic mass is 32.1. The SMILES string of the molecule is CCCOC(=O)c1ccc(NC(=S)Nc2sc3c(c2C(=O)OC)CCC3)cc1. The van der Waals surface area contributed by atoms with E-state index in [2.05, 4.69) is 10.6 Å². The van der Waals surface area contributed by atoms with Crippen LogP contribution in [0, 0.1) is 0 Å². The Labute approximate surface area is 173 Å². The van der Waals surface area contributed by atoms with Crippen molar-refractivity contribution in [3.8, 4) is 0 Å². The standard InChI is InChI=1S/C20H22N2O4S2/c1-3-11-26-18(23)12-7-9-13(10-8-12)21-20(27)22-17-16(19(24)25-2)14-5-4-6-15(14)28-17/h7-10H,3-6,11H2,1-2H3,(H2,21,22,27). The molecule has 2 aromatic rings. The van der Waals surface area contributed by atoms with Gasteiger partial charge in [0.25, 0.3) is 0 Å². The van der Waals surface area contributed by atoms with E-state index >= 15 is 0 Å². The normalized spacial score (nSPS) is 12.2. The molecular formula is C20H22N2O4S2. The Kier molecular flexibility index (Phi) is 6.64. The summed E-state index contributed by atoms with van der Waals surface area (Å²) in [6, 6.07) is 6.88. The fourth-order valence-corrected chi connectivity index (χ4v) is 4.61. The number of thiocarbonyl (C=S) groups is 1. The summed E-state index contributed by atoms with van der Waals surface area (Å²) in [7, 11) is 1.38. The quantitative estimate of drug-likeness (QED) is 0.532. The molecule has 1 aromatic carbocycles. The molecule has 1 heterocycles. The average molecular weight is 419 g/mol. The number of carbonyl (C=O) groups excluding carboxylic acids is 2. The smallest absolute Gasteiger partial charge is 0.341 e. The first-order chi connectivity index (χ1) is 13.5. The molecule has 28 heavy (non-hydrogen) atoms. The van der Waals surface area contributed by atoms with Crippen LogP contribution in [0.15, 0.2) is 24.3 Å². The molecule has 1 aromatic heterocycles. The molecule has 1 aliphatic carbocycles. The van der Waals surface area contributed by atoms with Crippen molar-refractivity contribution in [2.24, 2.45) is 0 Å². The summed E-state index contributed by atoms with van der Waals surface area (Å²) in [5.74, 6) is -0.690. The number of hydrogen-bond donors (Lipinski definition) is 2. The highest BCUT2D eigenvalue weighted by molar-refractivity contribution is 7.80. The maximum atomic E-state index is 12.2. The van der Waals surface area contributed by atoms with Gasteiger partial charge >= 0.3 is 11.9 Å². The number of ether oxygens (including phenoxy) is 2. The third-order valence-electron chi connectivity index (χ3n) is 4.35. The van der Waals surface area contributed by atoms with Crippen LogP contribution in [-0.4, -0.2) is 30.8 Å². The van der Waals surface area contributed by atoms with E-state index in [4.69, 9.17) is 21.7 Å². The Bertz CT molecular complexity index is 890. The summed E-state index contributed by atoms with van der Waals surface area (Å²) in [6.45, 7) is 2.35. The monoisotopic (exact) mass is 418 g/mol. The van der Waals surface area contributed by atoms with Gasteiger partial charge in [0.15, 0.2) is 5.11 Å². The third-order valence-corrected chi connectivity index (χ3v) is 5.76. The minimum Gasteiger partial charge on any atom is -0.465 e. The van der Waals surface area contributed by atoms with Crippen molar-refractivity contribution in [1.29, 1.82) is 0 Å². The van der Waals surface area contributed by atoms with Crippen molar-refractivity contribution in [2.75, 3.05) is 24.4 Å². The van der Waals surface area contributed by atoms with Crippen molar-refractivity contribution in [2.45, 2.75) is 32.6 Å². The number of esters is 2. The van der Waals surface area contributed by atoms with Gasteiger partial charge in [-0.2, -0.15) is 0 Å². The van der Waals surface area contributed by atoms with Crippen molar-refractivity contribution >= 4 is 51.3 Å². The van der Waals surface area contributed by atoms with Gasteiger partial charge < -0.3 is 20.1 Å². The van der Waals surface area contributed by atoms with Gasteiger partial charge in [-0.3, -0.25) is 0 Å². The maximum absolute atomic E-state index is 12.2. The maximum Gasteiger partial charge on any atom is 0.341 e. The second-order valence-electron chi connectivity index (χ2n) is 6.35. The van der Waals surface area contributed by atoms with E-state index < -0.39 is 0 Å². The molecule has 148 valence electrons. The van der Waals surface area contributed by atoms with Crippen LogP contribution >= 0.6 is 23.6 Å². The highest BCUT2D eigenvalue weighted by Gasteiger charge is 2.27. The summed E-state index contributed by atoms with van der Waals surface area (Å²) >= 11 is 6.93. The molecule has 2 N–H and O–H groups in total. The predicted molar refractivity (Wildman–Crippen MR) is 115 cm³/mol. The van der Waals surface area contributed by atoms with Gasteiger partial charge in [0, 0.05) is 10.6 Å². The van der Waals surface area contributed by atoms with Crippen LogP contribution in [0.4, 0.5) is 10.7 Å². The zero-order chi connectivity index (χ0) is 20.1. The summed E-state index contributed by atoms with van der Waals surface area (Å²) < 4.78 is 10.1. The van der Waals surface area contributed by atoms with Gasteiger partial charge in [0.05, 0.1) is 24.8 Å². The second kappa shape index (κ2) is 9.16. The minimum atomic E-state index is -0.348. The Hall–Kier alpha value is -2.45. The van der Waals surface area contributed by atoms with Gasteiger partial charge in [-0.25, -0.2) is 9.59 Å². The van der Waals surface area contributed by atoms with E-state index in [-0.39, 0.29) is 11.9 Å². The number of nitrogens with one attached hydrogen (secondary N) is 2. The average Bonchev–Trinajstić information content (AvgIpc) is 3.26. The zero-order valence-electron chi connectivity index (χ0n) is 15.8. The van der Waals surface area contributed by atoms with Crippen LogP contribution in [0.1, 0.15) is 50.9 Å². The van der Waals surface area contributed by atoms with Crippen molar-refractivity contribution in [3.05, 3.63) is 45.8 Å². The number of anilines is 2. The molecule has 0 spiro atoms. The number of fused-ring (bicyclic) bond motifs is 1. The Morgan fingerprint density at radius 2 is 1.89 bits per heavy atom. The Morgan fingerprint density at radius 1 is 1.14 bits per heavy atom. The van der Waals surface area contributed by atoms with Crippen LogP contribution in [0.3, 0.4) is 0 Å². The molecule has 0 radical (unpaired) electrons. The van der Waals surface area contributed by atoms with Crippen LogP contribution < -0.4 is 10.6 Å². The van der Waals surface area contributed by atoms with Crippen LogP contribution in [0.25, 0.3) is 0 Å². The molecule has 0 saturated carbocycles. The number of thiophene rings is 1. The fraction of sp³-hybridized carbons (Fsp3) is 0.350. The molecule has 3 rings (SSSR count). The van der Waals surface area contributed by atoms with E-state index in [1.165, 1.54) is 12.0 Å². The number of carbonyl (C=O) groups is 2. The molecule has 8 heteroatoms. The Balaban J connectivity index is 1.66. The number of methoxy groups -OCH3 is 1. The van der Waals surface area contributed by atoms with Crippen molar-refractivity contribution in [1.82, 2.24) is 0 Å². The lowest BCUT2D eigenvalue weighted by Gasteiger charge is -2.11. The fourth-order valence-electron chi connectivity index (χ4n) is 3.04. The first kappa shape index (κ1) is 20.3. The van der Waals surface area contributed by atoms with Crippen LogP contribution in [0.5, 0.6) is 0 Å². The zero-order valence-corrected chi connectivity index (χ0v) is 17.4. The van der Waals surface area contributed by atoms with Crippen molar-refractivity contribution in [3.63, 3.8) is 0 Å². The minimum absolute atomic E-state index is 0.343. The van der Waals surface area contributed by atoms with Crippen molar-refractivity contribution < 1.29 is 19.1 Å². The van der Waals surface area contributed by atoms with Crippen LogP contribution in [-0.2, 0) is 22.3 Å². The van der Waals surface area contributed by atoms with Gasteiger partial charge in [-0.05, 0) is 67.7 Å². The molecule has 0 atom stereocenters. The van der Waals surface area contributed by atoms with Gasteiger partial charge in [-0.1, -0.05) is 6.92 Å². The van der Waals surface area contributed by atoms with Gasteiger partial charge in [0.1, 0.15) is 5.00 Å². The van der Waals surface area contributed by atoms with Gasteiger partial charge in [-0.15, -0.1) is 11.3 Å². The molecule has 0 fully saturated rings.